The van der Waals surface area contributed by atoms with Crippen LogP contribution in [-0.4, -0.2) is 47.1 Å². The van der Waals surface area contributed by atoms with Gasteiger partial charge in [0, 0.05) is 18.5 Å². The SMILES string of the molecule is Cc1cc(SCC(=O)NCC(=O)N2CCCC2)nc2ccccc12. The summed E-state index contributed by atoms with van der Waals surface area (Å²) in [4.78, 5) is 30.2. The molecule has 0 spiro atoms. The van der Waals surface area contributed by atoms with Crippen molar-refractivity contribution in [1.29, 1.82) is 0 Å². The van der Waals surface area contributed by atoms with Crippen LogP contribution >= 0.6 is 11.8 Å². The zero-order valence-corrected chi connectivity index (χ0v) is 14.6. The molecule has 6 heteroatoms. The van der Waals surface area contributed by atoms with Crippen molar-refractivity contribution in [3.63, 3.8) is 0 Å². The van der Waals surface area contributed by atoms with Crippen LogP contribution in [-0.2, 0) is 9.59 Å². The fourth-order valence-corrected chi connectivity index (χ4v) is 3.64. The molecule has 0 radical (unpaired) electrons. The topological polar surface area (TPSA) is 62.3 Å². The van der Waals surface area contributed by atoms with E-state index in [2.05, 4.69) is 10.3 Å². The predicted molar refractivity (Wildman–Crippen MR) is 96.0 cm³/mol. The number of carbonyl (C=O) groups is 2. The van der Waals surface area contributed by atoms with Crippen molar-refractivity contribution in [2.75, 3.05) is 25.4 Å². The number of hydrogen-bond acceptors (Lipinski definition) is 4. The number of benzene rings is 1. The first-order chi connectivity index (χ1) is 11.6. The largest absolute Gasteiger partial charge is 0.346 e. The number of carbonyl (C=O) groups excluding carboxylic acids is 2. The molecule has 0 aliphatic carbocycles. The average Bonchev–Trinajstić information content (AvgIpc) is 3.12. The van der Waals surface area contributed by atoms with Crippen LogP contribution in [0.2, 0.25) is 0 Å². The minimum absolute atomic E-state index is 0.00512. The first kappa shape index (κ1) is 16.8. The van der Waals surface area contributed by atoms with E-state index in [0.717, 1.165) is 47.4 Å². The highest BCUT2D eigenvalue weighted by Gasteiger charge is 2.18. The molecule has 2 heterocycles. The van der Waals surface area contributed by atoms with E-state index in [1.165, 1.54) is 11.8 Å². The van der Waals surface area contributed by atoms with Crippen LogP contribution in [0.5, 0.6) is 0 Å². The third kappa shape index (κ3) is 4.06. The molecule has 5 nitrogen and oxygen atoms in total. The summed E-state index contributed by atoms with van der Waals surface area (Å²) in [5.74, 6) is 0.128. The molecule has 1 aromatic heterocycles. The summed E-state index contributed by atoms with van der Waals surface area (Å²) in [7, 11) is 0. The Hall–Kier alpha value is -2.08. The van der Waals surface area contributed by atoms with E-state index < -0.39 is 0 Å². The number of nitrogens with one attached hydrogen (secondary N) is 1. The van der Waals surface area contributed by atoms with Gasteiger partial charge in [-0.05, 0) is 37.5 Å². The van der Waals surface area contributed by atoms with Crippen molar-refractivity contribution in [1.82, 2.24) is 15.2 Å². The second-order valence-corrected chi connectivity index (χ2v) is 6.94. The van der Waals surface area contributed by atoms with Crippen molar-refractivity contribution in [2.45, 2.75) is 24.8 Å². The maximum absolute atomic E-state index is 12.0. The molecule has 2 amide bonds. The minimum Gasteiger partial charge on any atom is -0.346 e. The van der Waals surface area contributed by atoms with Gasteiger partial charge in [-0.25, -0.2) is 4.98 Å². The summed E-state index contributed by atoms with van der Waals surface area (Å²) in [6.07, 6.45) is 2.12. The molecule has 126 valence electrons. The highest BCUT2D eigenvalue weighted by molar-refractivity contribution is 7.99. The Morgan fingerprint density at radius 1 is 1.25 bits per heavy atom. The fourth-order valence-electron chi connectivity index (χ4n) is 2.84. The van der Waals surface area contributed by atoms with Crippen molar-refractivity contribution in [3.8, 4) is 0 Å². The lowest BCUT2D eigenvalue weighted by atomic mass is 10.1. The van der Waals surface area contributed by atoms with E-state index in [-0.39, 0.29) is 24.1 Å². The Bertz CT molecular complexity index is 757. The van der Waals surface area contributed by atoms with Crippen LogP contribution in [0.1, 0.15) is 18.4 Å². The molecule has 1 aromatic carbocycles. The summed E-state index contributed by atoms with van der Waals surface area (Å²) in [6.45, 7) is 3.75. The van der Waals surface area contributed by atoms with Crippen molar-refractivity contribution >= 4 is 34.5 Å². The van der Waals surface area contributed by atoms with E-state index in [9.17, 15) is 9.59 Å². The molecular formula is C18H21N3O2S. The van der Waals surface area contributed by atoms with Gasteiger partial charge in [-0.15, -0.1) is 0 Å². The molecule has 1 aliphatic rings. The Kier molecular flexibility index (Phi) is 5.35. The number of aromatic nitrogens is 1. The maximum atomic E-state index is 12.0. The lowest BCUT2D eigenvalue weighted by Crippen LogP contribution is -2.39. The monoisotopic (exact) mass is 343 g/mol. The van der Waals surface area contributed by atoms with Crippen LogP contribution in [0.25, 0.3) is 10.9 Å². The van der Waals surface area contributed by atoms with Crippen molar-refractivity contribution in [2.24, 2.45) is 0 Å². The van der Waals surface area contributed by atoms with E-state index >= 15 is 0 Å². The van der Waals surface area contributed by atoms with Crippen LogP contribution in [0.3, 0.4) is 0 Å². The highest BCUT2D eigenvalue weighted by Crippen LogP contribution is 2.23. The minimum atomic E-state index is -0.139. The molecular weight excluding hydrogens is 322 g/mol. The Labute approximate surface area is 145 Å². The molecule has 1 fully saturated rings. The van der Waals surface area contributed by atoms with Crippen molar-refractivity contribution < 1.29 is 9.59 Å². The van der Waals surface area contributed by atoms with Crippen LogP contribution in [0, 0.1) is 6.92 Å². The number of pyridine rings is 1. The average molecular weight is 343 g/mol. The summed E-state index contributed by atoms with van der Waals surface area (Å²) < 4.78 is 0. The first-order valence-electron chi connectivity index (χ1n) is 8.17. The third-order valence-corrected chi connectivity index (χ3v) is 5.06. The molecule has 0 saturated carbocycles. The summed E-state index contributed by atoms with van der Waals surface area (Å²) >= 11 is 1.39. The van der Waals surface area contributed by atoms with Crippen molar-refractivity contribution in [3.05, 3.63) is 35.9 Å². The van der Waals surface area contributed by atoms with Gasteiger partial charge in [0.05, 0.1) is 22.8 Å². The lowest BCUT2D eigenvalue weighted by molar-refractivity contribution is -0.131. The maximum Gasteiger partial charge on any atom is 0.241 e. The predicted octanol–water partition coefficient (Wildman–Crippen LogP) is 2.37. The molecule has 0 unspecified atom stereocenters. The number of likely N-dealkylation sites (tertiary alicyclic amines) is 1. The van der Waals surface area contributed by atoms with Crippen LogP contribution in [0.15, 0.2) is 35.4 Å². The summed E-state index contributed by atoms with van der Waals surface area (Å²) in [6, 6.07) is 9.97. The zero-order chi connectivity index (χ0) is 16.9. The number of para-hydroxylation sites is 1. The van der Waals surface area contributed by atoms with Gasteiger partial charge in [-0.1, -0.05) is 30.0 Å². The Morgan fingerprint density at radius 3 is 2.79 bits per heavy atom. The number of hydrogen-bond donors (Lipinski definition) is 1. The number of fused-ring (bicyclic) bond motifs is 1. The smallest absolute Gasteiger partial charge is 0.241 e. The van der Waals surface area contributed by atoms with Gasteiger partial charge in [-0.3, -0.25) is 9.59 Å². The van der Waals surface area contributed by atoms with Gasteiger partial charge in [0.1, 0.15) is 0 Å². The van der Waals surface area contributed by atoms with Gasteiger partial charge in [0.25, 0.3) is 0 Å². The van der Waals surface area contributed by atoms with Crippen LogP contribution in [0.4, 0.5) is 0 Å². The van der Waals surface area contributed by atoms with Gasteiger partial charge in [0.2, 0.25) is 11.8 Å². The van der Waals surface area contributed by atoms with Gasteiger partial charge in [-0.2, -0.15) is 0 Å². The number of nitrogens with zero attached hydrogens (tertiary/aromatic N) is 2. The third-order valence-electron chi connectivity index (χ3n) is 4.15. The second kappa shape index (κ2) is 7.66. The molecule has 0 bridgehead atoms. The fraction of sp³-hybridized carbons (Fsp3) is 0.389. The van der Waals surface area contributed by atoms with E-state index in [4.69, 9.17) is 0 Å². The van der Waals surface area contributed by atoms with E-state index in [1.807, 2.05) is 42.2 Å². The molecule has 3 rings (SSSR count). The lowest BCUT2D eigenvalue weighted by Gasteiger charge is -2.15. The molecule has 24 heavy (non-hydrogen) atoms. The molecule has 2 aromatic rings. The Balaban J connectivity index is 1.51. The van der Waals surface area contributed by atoms with Gasteiger partial charge < -0.3 is 10.2 Å². The number of rotatable bonds is 5. The number of thioether (sulfide) groups is 1. The quantitative estimate of drug-likeness (QED) is 0.847. The second-order valence-electron chi connectivity index (χ2n) is 5.95. The van der Waals surface area contributed by atoms with E-state index in [1.54, 1.807) is 0 Å². The zero-order valence-electron chi connectivity index (χ0n) is 13.7. The van der Waals surface area contributed by atoms with Gasteiger partial charge in [0.15, 0.2) is 0 Å². The van der Waals surface area contributed by atoms with Crippen LogP contribution < -0.4 is 5.32 Å². The van der Waals surface area contributed by atoms with Gasteiger partial charge >= 0.3 is 0 Å². The number of aryl methyl sites for hydroxylation is 1. The normalized spacial score (nSPS) is 14.1. The van der Waals surface area contributed by atoms with E-state index in [0.29, 0.717) is 0 Å². The highest BCUT2D eigenvalue weighted by atomic mass is 32.2. The molecule has 1 aliphatic heterocycles. The summed E-state index contributed by atoms with van der Waals surface area (Å²) in [5, 5.41) is 4.66. The molecule has 1 N–H and O–H groups in total. The number of amides is 2. The first-order valence-corrected chi connectivity index (χ1v) is 9.16. The standard InChI is InChI=1S/C18H21N3O2S/c1-13-10-17(20-15-7-3-2-6-14(13)15)24-12-16(22)19-11-18(23)21-8-4-5-9-21/h2-3,6-7,10H,4-5,8-9,11-12H2,1H3,(H,19,22). The molecule has 0 atom stereocenters. The summed E-state index contributed by atoms with van der Waals surface area (Å²) in [5.41, 5.74) is 2.08. The molecule has 1 saturated heterocycles. The Morgan fingerprint density at radius 2 is 2.00 bits per heavy atom.